The standard InChI is InChI=1S/C24H35N3O2/c1-3-4-9-18-10-7-8-17(2)23(18)26-15-13-19(14-16-26)27-21-12-6-5-11-20(21)22(25-29)24(27)28/h5-6,11-12,17-19,23,29H,3-4,7-10,13-16H2,1-2H3/b25-22-. The van der Waals surface area contributed by atoms with E-state index in [1.165, 1.54) is 38.5 Å². The van der Waals surface area contributed by atoms with Crippen LogP contribution in [0.3, 0.4) is 0 Å². The summed E-state index contributed by atoms with van der Waals surface area (Å²) in [6.07, 6.45) is 10.1. The van der Waals surface area contributed by atoms with Gasteiger partial charge in [0.2, 0.25) is 0 Å². The van der Waals surface area contributed by atoms with Crippen molar-refractivity contribution in [3.8, 4) is 0 Å². The van der Waals surface area contributed by atoms with Gasteiger partial charge in [-0.15, -0.1) is 0 Å². The number of amides is 1. The maximum Gasteiger partial charge on any atom is 0.281 e. The van der Waals surface area contributed by atoms with E-state index in [4.69, 9.17) is 0 Å². The quantitative estimate of drug-likeness (QED) is 0.580. The molecule has 1 aromatic rings. The number of para-hydroxylation sites is 1. The van der Waals surface area contributed by atoms with Crippen LogP contribution in [0.1, 0.15) is 70.8 Å². The molecule has 0 radical (unpaired) electrons. The van der Waals surface area contributed by atoms with E-state index in [1.807, 2.05) is 29.2 Å². The monoisotopic (exact) mass is 397 g/mol. The Balaban J connectivity index is 1.46. The Morgan fingerprint density at radius 3 is 2.62 bits per heavy atom. The summed E-state index contributed by atoms with van der Waals surface area (Å²) in [6, 6.07) is 8.58. The van der Waals surface area contributed by atoms with Crippen molar-refractivity contribution >= 4 is 17.3 Å². The van der Waals surface area contributed by atoms with Crippen molar-refractivity contribution in [2.24, 2.45) is 17.0 Å². The highest BCUT2D eigenvalue weighted by atomic mass is 16.4. The van der Waals surface area contributed by atoms with Crippen LogP contribution in [0.4, 0.5) is 5.69 Å². The van der Waals surface area contributed by atoms with Crippen molar-refractivity contribution in [1.82, 2.24) is 4.90 Å². The summed E-state index contributed by atoms with van der Waals surface area (Å²) in [5.41, 5.74) is 1.84. The maximum atomic E-state index is 12.9. The summed E-state index contributed by atoms with van der Waals surface area (Å²) in [6.45, 7) is 6.85. The number of nitrogens with zero attached hydrogens (tertiary/aromatic N) is 3. The van der Waals surface area contributed by atoms with Crippen LogP contribution in [-0.4, -0.2) is 46.9 Å². The van der Waals surface area contributed by atoms with Crippen molar-refractivity contribution in [3.05, 3.63) is 29.8 Å². The molecule has 3 aliphatic rings. The van der Waals surface area contributed by atoms with E-state index in [2.05, 4.69) is 23.9 Å². The molecule has 1 saturated heterocycles. The molecule has 1 aromatic carbocycles. The fourth-order valence-corrected chi connectivity index (χ4v) is 6.07. The highest BCUT2D eigenvalue weighted by molar-refractivity contribution is 6.54. The van der Waals surface area contributed by atoms with Crippen molar-refractivity contribution in [2.75, 3.05) is 18.0 Å². The molecule has 2 aliphatic heterocycles. The first-order valence-electron chi connectivity index (χ1n) is 11.5. The predicted molar refractivity (Wildman–Crippen MR) is 117 cm³/mol. The molecule has 5 heteroatoms. The Bertz CT molecular complexity index is 754. The van der Waals surface area contributed by atoms with E-state index in [9.17, 15) is 10.0 Å². The first kappa shape index (κ1) is 20.4. The number of fused-ring (bicyclic) bond motifs is 1. The molecule has 29 heavy (non-hydrogen) atoms. The van der Waals surface area contributed by atoms with Gasteiger partial charge in [0.15, 0.2) is 5.71 Å². The highest BCUT2D eigenvalue weighted by Crippen LogP contribution is 2.39. The fourth-order valence-electron chi connectivity index (χ4n) is 6.07. The average Bonchev–Trinajstić information content (AvgIpc) is 3.03. The van der Waals surface area contributed by atoms with Crippen molar-refractivity contribution < 1.29 is 10.0 Å². The van der Waals surface area contributed by atoms with Gasteiger partial charge in [-0.3, -0.25) is 9.69 Å². The molecular weight excluding hydrogens is 362 g/mol. The summed E-state index contributed by atoms with van der Waals surface area (Å²) >= 11 is 0. The predicted octanol–water partition coefficient (Wildman–Crippen LogP) is 4.67. The minimum Gasteiger partial charge on any atom is -0.410 e. The molecule has 1 saturated carbocycles. The maximum absolute atomic E-state index is 12.9. The second kappa shape index (κ2) is 8.86. The Kier molecular flexibility index (Phi) is 6.23. The van der Waals surface area contributed by atoms with Crippen LogP contribution in [0, 0.1) is 11.8 Å². The van der Waals surface area contributed by atoms with Gasteiger partial charge in [-0.05, 0) is 50.0 Å². The number of oxime groups is 1. The number of rotatable bonds is 5. The van der Waals surface area contributed by atoms with Crippen LogP contribution in [0.15, 0.2) is 29.4 Å². The van der Waals surface area contributed by atoms with Crippen molar-refractivity contribution in [1.29, 1.82) is 0 Å². The summed E-state index contributed by atoms with van der Waals surface area (Å²) in [7, 11) is 0. The number of carbonyl (C=O) groups is 1. The van der Waals surface area contributed by atoms with Crippen LogP contribution in [0.25, 0.3) is 0 Å². The second-order valence-corrected chi connectivity index (χ2v) is 9.21. The number of carbonyl (C=O) groups excluding carboxylic acids is 1. The fraction of sp³-hybridized carbons (Fsp3) is 0.667. The Labute approximate surface area is 174 Å². The molecule has 3 unspecified atom stereocenters. The molecule has 158 valence electrons. The third-order valence-corrected chi connectivity index (χ3v) is 7.45. The zero-order valence-corrected chi connectivity index (χ0v) is 17.9. The number of anilines is 1. The Morgan fingerprint density at radius 1 is 1.14 bits per heavy atom. The Morgan fingerprint density at radius 2 is 1.90 bits per heavy atom. The molecule has 5 nitrogen and oxygen atoms in total. The first-order chi connectivity index (χ1) is 14.2. The van der Waals surface area contributed by atoms with Crippen LogP contribution in [0.5, 0.6) is 0 Å². The largest absolute Gasteiger partial charge is 0.410 e. The average molecular weight is 398 g/mol. The molecule has 1 aliphatic carbocycles. The van der Waals surface area contributed by atoms with Gasteiger partial charge in [-0.2, -0.15) is 0 Å². The minimum absolute atomic E-state index is 0.154. The van der Waals surface area contributed by atoms with Gasteiger partial charge in [0.25, 0.3) is 5.91 Å². The van der Waals surface area contributed by atoms with Crippen molar-refractivity contribution in [3.63, 3.8) is 0 Å². The molecule has 0 bridgehead atoms. The number of likely N-dealkylation sites (tertiary alicyclic amines) is 1. The number of hydrogen-bond donors (Lipinski definition) is 1. The number of hydrogen-bond acceptors (Lipinski definition) is 4. The lowest BCUT2D eigenvalue weighted by atomic mass is 9.74. The molecule has 0 spiro atoms. The molecule has 0 aromatic heterocycles. The van der Waals surface area contributed by atoms with Gasteiger partial charge in [-0.25, -0.2) is 0 Å². The molecule has 3 atom stereocenters. The number of benzene rings is 1. The van der Waals surface area contributed by atoms with E-state index in [0.29, 0.717) is 6.04 Å². The molecule has 4 rings (SSSR count). The lowest BCUT2D eigenvalue weighted by Crippen LogP contribution is -2.54. The molecule has 2 heterocycles. The van der Waals surface area contributed by atoms with E-state index < -0.39 is 0 Å². The number of piperidine rings is 1. The van der Waals surface area contributed by atoms with Crippen molar-refractivity contribution in [2.45, 2.75) is 77.3 Å². The zero-order valence-electron chi connectivity index (χ0n) is 17.9. The summed E-state index contributed by atoms with van der Waals surface area (Å²) in [5, 5.41) is 12.7. The van der Waals surface area contributed by atoms with E-state index in [0.717, 1.165) is 49.0 Å². The van der Waals surface area contributed by atoms with Crippen LogP contribution < -0.4 is 4.90 Å². The van der Waals surface area contributed by atoms with Gasteiger partial charge in [-0.1, -0.05) is 56.5 Å². The lowest BCUT2D eigenvalue weighted by molar-refractivity contribution is -0.113. The molecule has 2 fully saturated rings. The third-order valence-electron chi connectivity index (χ3n) is 7.45. The minimum atomic E-state index is -0.154. The summed E-state index contributed by atoms with van der Waals surface area (Å²) in [5.74, 6) is 1.45. The second-order valence-electron chi connectivity index (χ2n) is 9.21. The lowest BCUT2D eigenvalue weighted by Gasteiger charge is -2.47. The smallest absolute Gasteiger partial charge is 0.281 e. The highest BCUT2D eigenvalue weighted by Gasteiger charge is 2.42. The SMILES string of the molecule is CCCCC1CCCC(C)C1N1CCC(N2C(=O)/C(=N\O)c3ccccc32)CC1. The van der Waals surface area contributed by atoms with Gasteiger partial charge in [0.05, 0.1) is 5.69 Å². The molecular formula is C24H35N3O2. The van der Waals surface area contributed by atoms with Gasteiger partial charge >= 0.3 is 0 Å². The van der Waals surface area contributed by atoms with E-state index >= 15 is 0 Å². The van der Waals surface area contributed by atoms with Gasteiger partial charge < -0.3 is 10.1 Å². The third kappa shape index (κ3) is 3.81. The normalized spacial score (nSPS) is 30.1. The summed E-state index contributed by atoms with van der Waals surface area (Å²) < 4.78 is 0. The van der Waals surface area contributed by atoms with Gasteiger partial charge in [0.1, 0.15) is 0 Å². The van der Waals surface area contributed by atoms with Crippen LogP contribution in [0.2, 0.25) is 0 Å². The van der Waals surface area contributed by atoms with Gasteiger partial charge in [0, 0.05) is 30.7 Å². The zero-order chi connectivity index (χ0) is 20.4. The first-order valence-corrected chi connectivity index (χ1v) is 11.5. The van der Waals surface area contributed by atoms with Crippen LogP contribution in [-0.2, 0) is 4.79 Å². The Hall–Kier alpha value is -1.88. The molecule has 1 amide bonds. The number of unbranched alkanes of at least 4 members (excludes halogenated alkanes) is 1. The van der Waals surface area contributed by atoms with E-state index in [-0.39, 0.29) is 17.7 Å². The van der Waals surface area contributed by atoms with Crippen LogP contribution >= 0.6 is 0 Å². The summed E-state index contributed by atoms with van der Waals surface area (Å²) in [4.78, 5) is 17.5. The topological polar surface area (TPSA) is 56.1 Å². The van der Waals surface area contributed by atoms with E-state index in [1.54, 1.807) is 0 Å². The molecule has 1 N–H and O–H groups in total.